The first-order valence-corrected chi connectivity index (χ1v) is 8.43. The number of hydrogen-bond acceptors (Lipinski definition) is 6. The zero-order valence-corrected chi connectivity index (χ0v) is 13.2. The van der Waals surface area contributed by atoms with Gasteiger partial charge in [-0.2, -0.15) is 11.3 Å². The molecule has 0 aliphatic carbocycles. The van der Waals surface area contributed by atoms with Gasteiger partial charge in [-0.15, -0.1) is 10.2 Å². The highest BCUT2D eigenvalue weighted by Gasteiger charge is 2.17. The summed E-state index contributed by atoms with van der Waals surface area (Å²) < 4.78 is 0. The molecular formula is C15H14N4OS2. The predicted octanol–water partition coefficient (Wildman–Crippen LogP) is 2.83. The first-order chi connectivity index (χ1) is 10.7. The average Bonchev–Trinajstić information content (AvgIpc) is 3.20. The molecule has 5 nitrogen and oxygen atoms in total. The maximum atomic E-state index is 12.1. The Morgan fingerprint density at radius 3 is 2.77 bits per heavy atom. The van der Waals surface area contributed by atoms with E-state index >= 15 is 0 Å². The smallest absolute Gasteiger partial charge is 0.247 e. The maximum absolute atomic E-state index is 12.1. The van der Waals surface area contributed by atoms with Crippen LogP contribution in [0.15, 0.2) is 47.2 Å². The maximum Gasteiger partial charge on any atom is 0.247 e. The van der Waals surface area contributed by atoms with Crippen molar-refractivity contribution in [1.82, 2.24) is 10.2 Å². The van der Waals surface area contributed by atoms with Crippen molar-refractivity contribution < 1.29 is 4.79 Å². The molecule has 1 amide bonds. The van der Waals surface area contributed by atoms with Gasteiger partial charge < -0.3 is 5.73 Å². The molecule has 0 spiro atoms. The molecule has 0 aliphatic rings. The van der Waals surface area contributed by atoms with Gasteiger partial charge in [-0.25, -0.2) is 0 Å². The van der Waals surface area contributed by atoms with E-state index in [1.165, 1.54) is 16.9 Å². The molecule has 0 saturated heterocycles. The topological polar surface area (TPSA) is 80.9 Å². The van der Waals surface area contributed by atoms with Crippen molar-refractivity contribution >= 4 is 33.7 Å². The lowest BCUT2D eigenvalue weighted by Gasteiger charge is -2.10. The van der Waals surface area contributed by atoms with Crippen LogP contribution in [0, 0.1) is 0 Å². The molecule has 22 heavy (non-hydrogen) atoms. The molecule has 2 aromatic heterocycles. The summed E-state index contributed by atoms with van der Waals surface area (Å²) in [6.45, 7) is 0. The summed E-state index contributed by atoms with van der Waals surface area (Å²) in [4.78, 5) is 12.1. The van der Waals surface area contributed by atoms with Gasteiger partial charge >= 0.3 is 0 Å². The monoisotopic (exact) mass is 330 g/mol. The van der Waals surface area contributed by atoms with Gasteiger partial charge in [0.05, 0.1) is 0 Å². The summed E-state index contributed by atoms with van der Waals surface area (Å²) in [7, 11) is 0. The Kier molecular flexibility index (Phi) is 4.57. The minimum atomic E-state index is -0.717. The molecule has 0 unspecified atom stereocenters. The molecule has 1 atom stereocenters. The van der Waals surface area contributed by atoms with Crippen LogP contribution in [0.2, 0.25) is 0 Å². The number of hydrogen-bond donors (Lipinski definition) is 2. The van der Waals surface area contributed by atoms with E-state index in [9.17, 15) is 4.79 Å². The molecule has 3 rings (SSSR count). The average molecular weight is 330 g/mol. The molecule has 0 bridgehead atoms. The number of nitrogens with two attached hydrogens (primary N) is 1. The van der Waals surface area contributed by atoms with Gasteiger partial charge in [0.2, 0.25) is 11.0 Å². The van der Waals surface area contributed by atoms with E-state index in [1.54, 1.807) is 11.3 Å². The van der Waals surface area contributed by atoms with Gasteiger partial charge in [-0.1, -0.05) is 41.7 Å². The summed E-state index contributed by atoms with van der Waals surface area (Å²) in [6, 6.07) is 10.6. The van der Waals surface area contributed by atoms with Crippen LogP contribution in [0.4, 0.5) is 5.13 Å². The van der Waals surface area contributed by atoms with Crippen molar-refractivity contribution in [2.45, 2.75) is 12.5 Å². The van der Waals surface area contributed by atoms with Crippen LogP contribution in [0.25, 0.3) is 0 Å². The Labute approximate surface area is 135 Å². The highest BCUT2D eigenvalue weighted by molar-refractivity contribution is 7.15. The number of aromatic nitrogens is 2. The predicted molar refractivity (Wildman–Crippen MR) is 89.0 cm³/mol. The number of amides is 1. The molecule has 0 fully saturated rings. The number of carbonyl (C=O) groups excluding carboxylic acids is 1. The number of rotatable bonds is 5. The summed E-state index contributed by atoms with van der Waals surface area (Å²) in [5.74, 6) is -0.288. The second kappa shape index (κ2) is 6.78. The van der Waals surface area contributed by atoms with Crippen LogP contribution in [0.3, 0.4) is 0 Å². The molecule has 1 aromatic carbocycles. The number of nitrogens with zero attached hydrogens (tertiary/aromatic N) is 2. The standard InChI is InChI=1S/C15H14N4OS2/c16-13(11-4-2-1-3-5-11)14(20)17-15-19-18-12(22-15)8-10-6-7-21-9-10/h1-7,9,13H,8,16H2,(H,17,19,20)/t13-/m1/s1. The molecule has 3 aromatic rings. The molecule has 0 aliphatic heterocycles. The van der Waals surface area contributed by atoms with E-state index in [2.05, 4.69) is 27.0 Å². The fourth-order valence-corrected chi connectivity index (χ4v) is 3.38. The molecular weight excluding hydrogens is 316 g/mol. The number of carbonyl (C=O) groups is 1. The molecule has 7 heteroatoms. The Morgan fingerprint density at radius 1 is 1.23 bits per heavy atom. The normalized spacial score (nSPS) is 12.0. The SMILES string of the molecule is N[C@@H](C(=O)Nc1nnc(Cc2ccsc2)s1)c1ccccc1. The minimum Gasteiger partial charge on any atom is -0.316 e. The fourth-order valence-electron chi connectivity index (χ4n) is 1.94. The van der Waals surface area contributed by atoms with Crippen molar-refractivity contribution in [2.24, 2.45) is 5.73 Å². The van der Waals surface area contributed by atoms with Gasteiger partial charge in [0, 0.05) is 6.42 Å². The highest BCUT2D eigenvalue weighted by atomic mass is 32.1. The van der Waals surface area contributed by atoms with E-state index in [0.29, 0.717) is 5.13 Å². The number of thiophene rings is 1. The van der Waals surface area contributed by atoms with E-state index < -0.39 is 6.04 Å². The van der Waals surface area contributed by atoms with Gasteiger partial charge in [0.1, 0.15) is 11.0 Å². The molecule has 0 radical (unpaired) electrons. The van der Waals surface area contributed by atoms with Crippen LogP contribution in [-0.2, 0) is 11.2 Å². The Hall–Kier alpha value is -2.09. The van der Waals surface area contributed by atoms with Crippen molar-refractivity contribution in [2.75, 3.05) is 5.32 Å². The zero-order valence-electron chi connectivity index (χ0n) is 11.6. The zero-order chi connectivity index (χ0) is 15.4. The summed E-state index contributed by atoms with van der Waals surface area (Å²) in [5.41, 5.74) is 7.91. The van der Waals surface area contributed by atoms with Crippen molar-refractivity contribution in [1.29, 1.82) is 0 Å². The summed E-state index contributed by atoms with van der Waals surface area (Å²) in [6.07, 6.45) is 0.724. The third kappa shape index (κ3) is 3.56. The number of nitrogens with one attached hydrogen (secondary N) is 1. The van der Waals surface area contributed by atoms with Gasteiger partial charge in [-0.05, 0) is 28.0 Å². The second-order valence-electron chi connectivity index (χ2n) is 4.69. The Bertz CT molecular complexity index is 740. The molecule has 112 valence electrons. The van der Waals surface area contributed by atoms with E-state index in [-0.39, 0.29) is 5.91 Å². The fraction of sp³-hybridized carbons (Fsp3) is 0.133. The van der Waals surface area contributed by atoms with Crippen molar-refractivity contribution in [3.05, 3.63) is 63.3 Å². The van der Waals surface area contributed by atoms with Crippen LogP contribution in [0.1, 0.15) is 22.2 Å². The third-order valence-electron chi connectivity index (χ3n) is 3.07. The number of benzene rings is 1. The van der Waals surface area contributed by atoms with E-state index in [4.69, 9.17) is 5.73 Å². The largest absolute Gasteiger partial charge is 0.316 e. The van der Waals surface area contributed by atoms with Crippen LogP contribution >= 0.6 is 22.7 Å². The van der Waals surface area contributed by atoms with Gasteiger partial charge in [-0.3, -0.25) is 10.1 Å². The lowest BCUT2D eigenvalue weighted by molar-refractivity contribution is -0.117. The molecule has 3 N–H and O–H groups in total. The lowest BCUT2D eigenvalue weighted by Crippen LogP contribution is -2.27. The minimum absolute atomic E-state index is 0.288. The van der Waals surface area contributed by atoms with E-state index in [0.717, 1.165) is 17.0 Å². The van der Waals surface area contributed by atoms with Crippen LogP contribution in [-0.4, -0.2) is 16.1 Å². The van der Waals surface area contributed by atoms with Crippen LogP contribution < -0.4 is 11.1 Å². The lowest BCUT2D eigenvalue weighted by atomic mass is 10.1. The quantitative estimate of drug-likeness (QED) is 0.754. The van der Waals surface area contributed by atoms with Crippen molar-refractivity contribution in [3.63, 3.8) is 0 Å². The Morgan fingerprint density at radius 2 is 2.05 bits per heavy atom. The second-order valence-corrected chi connectivity index (χ2v) is 6.53. The van der Waals surface area contributed by atoms with Crippen LogP contribution in [0.5, 0.6) is 0 Å². The molecule has 0 saturated carbocycles. The molecule has 2 heterocycles. The van der Waals surface area contributed by atoms with Gasteiger partial charge in [0.15, 0.2) is 0 Å². The summed E-state index contributed by atoms with van der Waals surface area (Å²) >= 11 is 3.01. The van der Waals surface area contributed by atoms with Gasteiger partial charge in [0.25, 0.3) is 0 Å². The summed E-state index contributed by atoms with van der Waals surface area (Å²) in [5, 5.41) is 16.3. The highest BCUT2D eigenvalue weighted by Crippen LogP contribution is 2.21. The Balaban J connectivity index is 1.63. The number of anilines is 1. The third-order valence-corrected chi connectivity index (χ3v) is 4.64. The first kappa shape index (κ1) is 14.8. The van der Waals surface area contributed by atoms with Crippen molar-refractivity contribution in [3.8, 4) is 0 Å². The van der Waals surface area contributed by atoms with E-state index in [1.807, 2.05) is 35.7 Å². The first-order valence-electron chi connectivity index (χ1n) is 6.67.